The SMILES string of the molecule is CC(=O)NC1=NC(=O)C(=Cc2ccc([N+](=O)[O-])cc2)N1C. The molecule has 0 bridgehead atoms. The number of hydrogen-bond donors (Lipinski definition) is 1. The molecule has 1 aromatic rings. The maximum atomic E-state index is 11.8. The zero-order valence-corrected chi connectivity index (χ0v) is 11.4. The number of likely N-dealkylation sites (N-methyl/N-ethyl adjacent to an activating group) is 1. The molecule has 0 saturated heterocycles. The Bertz CT molecular complexity index is 676. The molecule has 0 saturated carbocycles. The number of benzene rings is 1. The first kappa shape index (κ1) is 14.4. The number of carbonyl (C=O) groups is 2. The van der Waals surface area contributed by atoms with Crippen molar-refractivity contribution in [2.45, 2.75) is 6.92 Å². The fourth-order valence-electron chi connectivity index (χ4n) is 1.76. The summed E-state index contributed by atoms with van der Waals surface area (Å²) in [5.41, 5.74) is 0.862. The summed E-state index contributed by atoms with van der Waals surface area (Å²) in [6.07, 6.45) is 1.55. The molecule has 1 aliphatic rings. The quantitative estimate of drug-likeness (QED) is 0.494. The molecule has 0 aromatic heterocycles. The van der Waals surface area contributed by atoms with E-state index in [9.17, 15) is 19.7 Å². The van der Waals surface area contributed by atoms with Crippen LogP contribution in [0.25, 0.3) is 6.08 Å². The predicted molar refractivity (Wildman–Crippen MR) is 75.1 cm³/mol. The minimum atomic E-state index is -0.498. The molecule has 0 spiro atoms. The van der Waals surface area contributed by atoms with Gasteiger partial charge in [-0.1, -0.05) is 0 Å². The lowest BCUT2D eigenvalue weighted by molar-refractivity contribution is -0.384. The molecule has 1 N–H and O–H groups in total. The molecule has 0 aliphatic carbocycles. The van der Waals surface area contributed by atoms with Crippen molar-refractivity contribution in [3.8, 4) is 0 Å². The van der Waals surface area contributed by atoms with Gasteiger partial charge in [0.25, 0.3) is 11.6 Å². The highest BCUT2D eigenvalue weighted by Crippen LogP contribution is 2.19. The lowest BCUT2D eigenvalue weighted by atomic mass is 10.1. The predicted octanol–water partition coefficient (Wildman–Crippen LogP) is 0.900. The molecule has 21 heavy (non-hydrogen) atoms. The van der Waals surface area contributed by atoms with Crippen molar-refractivity contribution in [1.82, 2.24) is 10.2 Å². The number of non-ortho nitro benzene ring substituents is 1. The van der Waals surface area contributed by atoms with E-state index in [-0.39, 0.29) is 23.3 Å². The smallest absolute Gasteiger partial charge is 0.296 e. The number of nitrogens with one attached hydrogen (secondary N) is 1. The number of rotatable bonds is 2. The number of guanidine groups is 1. The van der Waals surface area contributed by atoms with E-state index in [4.69, 9.17) is 0 Å². The number of amides is 2. The van der Waals surface area contributed by atoms with Crippen LogP contribution in [0.5, 0.6) is 0 Å². The lowest BCUT2D eigenvalue weighted by Gasteiger charge is -2.14. The van der Waals surface area contributed by atoms with Crippen LogP contribution in [0.15, 0.2) is 35.0 Å². The Morgan fingerprint density at radius 3 is 2.52 bits per heavy atom. The first-order valence-electron chi connectivity index (χ1n) is 5.99. The number of nitrogens with zero attached hydrogens (tertiary/aromatic N) is 3. The molecule has 0 radical (unpaired) electrons. The fourth-order valence-corrected chi connectivity index (χ4v) is 1.76. The van der Waals surface area contributed by atoms with Gasteiger partial charge in [-0.25, -0.2) is 0 Å². The van der Waals surface area contributed by atoms with Crippen LogP contribution >= 0.6 is 0 Å². The number of carbonyl (C=O) groups excluding carboxylic acids is 2. The molecule has 1 heterocycles. The first-order valence-corrected chi connectivity index (χ1v) is 5.99. The largest absolute Gasteiger partial charge is 0.310 e. The monoisotopic (exact) mass is 288 g/mol. The zero-order chi connectivity index (χ0) is 15.6. The Kier molecular flexibility index (Phi) is 3.79. The van der Waals surface area contributed by atoms with E-state index in [2.05, 4.69) is 10.3 Å². The Morgan fingerprint density at radius 2 is 2.00 bits per heavy atom. The van der Waals surface area contributed by atoms with Crippen LogP contribution < -0.4 is 5.32 Å². The molecule has 0 fully saturated rings. The van der Waals surface area contributed by atoms with Gasteiger partial charge in [-0.05, 0) is 23.8 Å². The van der Waals surface area contributed by atoms with Gasteiger partial charge in [-0.2, -0.15) is 4.99 Å². The highest BCUT2D eigenvalue weighted by atomic mass is 16.6. The summed E-state index contributed by atoms with van der Waals surface area (Å²) in [5, 5.41) is 13.0. The third-order valence-corrected chi connectivity index (χ3v) is 2.80. The maximum Gasteiger partial charge on any atom is 0.296 e. The number of nitro groups is 1. The summed E-state index contributed by atoms with van der Waals surface area (Å²) < 4.78 is 0. The van der Waals surface area contributed by atoms with Gasteiger partial charge in [0.2, 0.25) is 11.9 Å². The Labute approximate surface area is 119 Å². The van der Waals surface area contributed by atoms with Crippen molar-refractivity contribution in [1.29, 1.82) is 0 Å². The second kappa shape index (κ2) is 5.53. The van der Waals surface area contributed by atoms with Crippen LogP contribution in [0.3, 0.4) is 0 Å². The highest BCUT2D eigenvalue weighted by molar-refractivity contribution is 6.15. The van der Waals surface area contributed by atoms with Gasteiger partial charge < -0.3 is 4.90 Å². The molecule has 8 nitrogen and oxygen atoms in total. The van der Waals surface area contributed by atoms with Gasteiger partial charge in [-0.3, -0.25) is 25.0 Å². The molecular formula is C13H12N4O4. The van der Waals surface area contributed by atoms with E-state index in [1.165, 1.54) is 36.1 Å². The second-order valence-corrected chi connectivity index (χ2v) is 4.36. The van der Waals surface area contributed by atoms with Crippen LogP contribution in [0.4, 0.5) is 5.69 Å². The van der Waals surface area contributed by atoms with Crippen LogP contribution in [-0.2, 0) is 9.59 Å². The summed E-state index contributed by atoms with van der Waals surface area (Å²) in [6, 6.07) is 5.76. The molecule has 0 atom stereocenters. The van der Waals surface area contributed by atoms with Gasteiger partial charge in [0.1, 0.15) is 5.70 Å². The van der Waals surface area contributed by atoms with E-state index in [0.29, 0.717) is 5.56 Å². The average Bonchev–Trinajstić information content (AvgIpc) is 2.66. The van der Waals surface area contributed by atoms with Crippen molar-refractivity contribution in [2.24, 2.45) is 4.99 Å². The summed E-state index contributed by atoms with van der Waals surface area (Å²) in [6.45, 7) is 1.32. The molecule has 8 heteroatoms. The number of hydrogen-bond acceptors (Lipinski definition) is 5. The third kappa shape index (κ3) is 3.11. The fraction of sp³-hybridized carbons (Fsp3) is 0.154. The second-order valence-electron chi connectivity index (χ2n) is 4.36. The molecule has 2 rings (SSSR count). The van der Waals surface area contributed by atoms with Crippen molar-refractivity contribution in [3.05, 3.63) is 45.6 Å². The van der Waals surface area contributed by atoms with Crippen molar-refractivity contribution < 1.29 is 14.5 Å². The molecule has 108 valence electrons. The van der Waals surface area contributed by atoms with Gasteiger partial charge in [0, 0.05) is 26.1 Å². The first-order chi connectivity index (χ1) is 9.88. The summed E-state index contributed by atoms with van der Waals surface area (Å²) in [4.78, 5) is 38.1. The zero-order valence-electron chi connectivity index (χ0n) is 11.4. The standard InChI is InChI=1S/C13H12N4O4/c1-8(18)14-13-15-12(19)11(16(13)2)7-9-3-5-10(6-4-9)17(20)21/h3-7H,1-2H3,(H,14,15,18,19). The lowest BCUT2D eigenvalue weighted by Crippen LogP contribution is -2.37. The molecule has 1 aromatic carbocycles. The van der Waals surface area contributed by atoms with Crippen LogP contribution in [0, 0.1) is 10.1 Å². The molecule has 2 amide bonds. The summed E-state index contributed by atoms with van der Waals surface area (Å²) in [7, 11) is 1.59. The molecule has 1 aliphatic heterocycles. The Hall–Kier alpha value is -3.03. The van der Waals surface area contributed by atoms with Crippen molar-refractivity contribution >= 4 is 29.5 Å². The summed E-state index contributed by atoms with van der Waals surface area (Å²) in [5.74, 6) is -0.662. The number of nitro benzene ring substituents is 1. The maximum absolute atomic E-state index is 11.8. The number of aliphatic imine (C=N–C) groups is 1. The highest BCUT2D eigenvalue weighted by Gasteiger charge is 2.26. The van der Waals surface area contributed by atoms with Gasteiger partial charge >= 0.3 is 0 Å². The normalized spacial score (nSPS) is 16.1. The van der Waals surface area contributed by atoms with Crippen molar-refractivity contribution in [2.75, 3.05) is 7.05 Å². The third-order valence-electron chi connectivity index (χ3n) is 2.80. The molecular weight excluding hydrogens is 276 g/mol. The van der Waals surface area contributed by atoms with E-state index in [1.54, 1.807) is 13.1 Å². The van der Waals surface area contributed by atoms with E-state index < -0.39 is 10.8 Å². The minimum Gasteiger partial charge on any atom is -0.310 e. The van der Waals surface area contributed by atoms with E-state index in [1.807, 2.05) is 0 Å². The van der Waals surface area contributed by atoms with Crippen LogP contribution in [-0.4, -0.2) is 34.6 Å². The Balaban J connectivity index is 2.24. The minimum absolute atomic E-state index is 0.0292. The van der Waals surface area contributed by atoms with Crippen molar-refractivity contribution in [3.63, 3.8) is 0 Å². The van der Waals surface area contributed by atoms with E-state index >= 15 is 0 Å². The topological polar surface area (TPSA) is 105 Å². The van der Waals surface area contributed by atoms with E-state index in [0.717, 1.165) is 0 Å². The van der Waals surface area contributed by atoms with Gasteiger partial charge in [-0.15, -0.1) is 0 Å². The summed E-state index contributed by atoms with van der Waals surface area (Å²) >= 11 is 0. The Morgan fingerprint density at radius 1 is 1.38 bits per heavy atom. The average molecular weight is 288 g/mol. The van der Waals surface area contributed by atoms with Crippen LogP contribution in [0.1, 0.15) is 12.5 Å². The van der Waals surface area contributed by atoms with Gasteiger partial charge in [0.15, 0.2) is 0 Å². The van der Waals surface area contributed by atoms with Gasteiger partial charge in [0.05, 0.1) is 4.92 Å². The molecule has 0 unspecified atom stereocenters. The van der Waals surface area contributed by atoms with Crippen LogP contribution in [0.2, 0.25) is 0 Å².